The molecule has 4 nitrogen and oxygen atoms in total. The summed E-state index contributed by atoms with van der Waals surface area (Å²) in [5.41, 5.74) is 0. The van der Waals surface area contributed by atoms with Crippen LogP contribution >= 0.6 is 0 Å². The fraction of sp³-hybridized carbons (Fsp3) is 0.400. The van der Waals surface area contributed by atoms with E-state index in [1.807, 2.05) is 0 Å². The van der Waals surface area contributed by atoms with Crippen LogP contribution in [-0.4, -0.2) is 29.9 Å². The minimum atomic E-state index is -0.737. The van der Waals surface area contributed by atoms with E-state index in [2.05, 4.69) is 0 Å². The highest BCUT2D eigenvalue weighted by Crippen LogP contribution is 2.32. The number of ether oxygens (including phenoxy) is 2. The Hall–Kier alpha value is -1.42. The molecule has 3 heterocycles. The van der Waals surface area contributed by atoms with Crippen LogP contribution in [0.25, 0.3) is 0 Å². The third-order valence-corrected chi connectivity index (χ3v) is 2.78. The first kappa shape index (κ1) is 7.94. The predicted octanol–water partition coefficient (Wildman–Crippen LogP) is -0.00950. The molecule has 0 spiro atoms. The number of ketones is 2. The van der Waals surface area contributed by atoms with Crippen molar-refractivity contribution >= 4 is 11.6 Å². The Bertz CT molecular complexity index is 368. The first-order valence-corrected chi connectivity index (χ1v) is 4.51. The average molecular weight is 192 g/mol. The van der Waals surface area contributed by atoms with Gasteiger partial charge in [0.1, 0.15) is 0 Å². The van der Waals surface area contributed by atoms with Gasteiger partial charge in [-0.1, -0.05) is 6.08 Å². The fourth-order valence-electron chi connectivity index (χ4n) is 2.05. The Morgan fingerprint density at radius 2 is 2.00 bits per heavy atom. The number of carbonyl (C=O) groups is 2. The van der Waals surface area contributed by atoms with Gasteiger partial charge in [0.25, 0.3) is 0 Å². The molecule has 4 bridgehead atoms. The highest BCUT2D eigenvalue weighted by atomic mass is 16.6. The average Bonchev–Trinajstić information content (AvgIpc) is 2.17. The first-order valence-electron chi connectivity index (χ1n) is 4.51. The summed E-state index contributed by atoms with van der Waals surface area (Å²) in [5, 5.41) is 0. The minimum Gasteiger partial charge on any atom is -0.487 e. The number of hydrogen-bond acceptors (Lipinski definition) is 4. The number of hydrogen-bond donors (Lipinski definition) is 0. The van der Waals surface area contributed by atoms with Gasteiger partial charge in [0.15, 0.2) is 23.8 Å². The van der Waals surface area contributed by atoms with E-state index in [9.17, 15) is 9.59 Å². The quantitative estimate of drug-likeness (QED) is 0.541. The van der Waals surface area contributed by atoms with Gasteiger partial charge in [-0.05, 0) is 12.2 Å². The fourth-order valence-corrected chi connectivity index (χ4v) is 2.05. The molecule has 0 N–H and O–H groups in total. The van der Waals surface area contributed by atoms with E-state index in [4.69, 9.17) is 9.47 Å². The molecule has 0 aliphatic carbocycles. The van der Waals surface area contributed by atoms with Gasteiger partial charge in [-0.25, -0.2) is 0 Å². The number of fused-ring (bicyclic) bond motifs is 6. The third kappa shape index (κ3) is 0.861. The molecule has 72 valence electrons. The van der Waals surface area contributed by atoms with Crippen molar-refractivity contribution in [1.29, 1.82) is 0 Å². The summed E-state index contributed by atoms with van der Waals surface area (Å²) >= 11 is 0. The Morgan fingerprint density at radius 1 is 1.14 bits per heavy atom. The van der Waals surface area contributed by atoms with Crippen molar-refractivity contribution in [1.82, 2.24) is 0 Å². The van der Waals surface area contributed by atoms with E-state index in [0.717, 1.165) is 0 Å². The molecule has 0 amide bonds. The van der Waals surface area contributed by atoms with Crippen LogP contribution in [0.5, 0.6) is 0 Å². The maximum Gasteiger partial charge on any atom is 0.190 e. The molecule has 0 aromatic heterocycles. The normalized spacial score (nSPS) is 43.7. The zero-order valence-electron chi connectivity index (χ0n) is 7.25. The summed E-state index contributed by atoms with van der Waals surface area (Å²) < 4.78 is 10.5. The third-order valence-electron chi connectivity index (χ3n) is 2.78. The summed E-state index contributed by atoms with van der Waals surface area (Å²) in [6.07, 6.45) is 4.53. The van der Waals surface area contributed by atoms with Crippen molar-refractivity contribution in [3.8, 4) is 0 Å². The van der Waals surface area contributed by atoms with Gasteiger partial charge in [0.05, 0.1) is 18.3 Å². The SMILES string of the molecule is O=C1C=CC2OC1C1OC=CC2C1=O. The molecule has 0 saturated carbocycles. The maximum absolute atomic E-state index is 11.7. The standard InChI is InChI=1S/C10H8O4/c11-6-1-2-7-5-3-4-13-10(8(5)12)9(6)14-7/h1-5,7,9-10H. The molecular formula is C10H8O4. The van der Waals surface area contributed by atoms with Crippen LogP contribution in [0.1, 0.15) is 0 Å². The lowest BCUT2D eigenvalue weighted by molar-refractivity contribution is -0.172. The van der Waals surface area contributed by atoms with Crippen molar-refractivity contribution in [2.75, 3.05) is 0 Å². The topological polar surface area (TPSA) is 52.6 Å². The molecule has 0 aromatic rings. The second-order valence-electron chi connectivity index (χ2n) is 3.60. The van der Waals surface area contributed by atoms with Gasteiger partial charge in [-0.15, -0.1) is 0 Å². The van der Waals surface area contributed by atoms with E-state index in [1.54, 1.807) is 12.2 Å². The summed E-state index contributed by atoms with van der Waals surface area (Å²) in [4.78, 5) is 23.1. The van der Waals surface area contributed by atoms with Crippen LogP contribution in [0, 0.1) is 5.92 Å². The number of rotatable bonds is 0. The van der Waals surface area contributed by atoms with Crippen molar-refractivity contribution in [2.45, 2.75) is 18.3 Å². The van der Waals surface area contributed by atoms with Crippen LogP contribution in [-0.2, 0) is 19.1 Å². The van der Waals surface area contributed by atoms with Gasteiger partial charge < -0.3 is 9.47 Å². The largest absolute Gasteiger partial charge is 0.487 e. The molecule has 0 aromatic carbocycles. The smallest absolute Gasteiger partial charge is 0.190 e. The monoisotopic (exact) mass is 192 g/mol. The van der Waals surface area contributed by atoms with E-state index in [0.29, 0.717) is 0 Å². The Morgan fingerprint density at radius 3 is 2.86 bits per heavy atom. The van der Waals surface area contributed by atoms with Crippen LogP contribution in [0.3, 0.4) is 0 Å². The van der Waals surface area contributed by atoms with Crippen molar-refractivity contribution in [3.63, 3.8) is 0 Å². The summed E-state index contributed by atoms with van der Waals surface area (Å²) in [6.45, 7) is 0. The van der Waals surface area contributed by atoms with E-state index >= 15 is 0 Å². The van der Waals surface area contributed by atoms with Crippen LogP contribution in [0.15, 0.2) is 24.5 Å². The molecule has 0 radical (unpaired) electrons. The molecule has 1 fully saturated rings. The Kier molecular flexibility index (Phi) is 1.44. The van der Waals surface area contributed by atoms with E-state index < -0.39 is 12.2 Å². The number of carbonyl (C=O) groups excluding carboxylic acids is 2. The molecule has 4 unspecified atom stereocenters. The van der Waals surface area contributed by atoms with Gasteiger partial charge in [0.2, 0.25) is 0 Å². The second-order valence-corrected chi connectivity index (χ2v) is 3.60. The maximum atomic E-state index is 11.7. The lowest BCUT2D eigenvalue weighted by Crippen LogP contribution is -2.57. The Labute approximate surface area is 80.2 Å². The molecule has 3 aliphatic heterocycles. The molecule has 4 heteroatoms. The molecule has 4 atom stereocenters. The Balaban J connectivity index is 2.10. The second kappa shape index (κ2) is 2.54. The van der Waals surface area contributed by atoms with Gasteiger partial charge >= 0.3 is 0 Å². The lowest BCUT2D eigenvalue weighted by atomic mass is 9.83. The molecule has 1 saturated heterocycles. The van der Waals surface area contributed by atoms with Crippen LogP contribution in [0.4, 0.5) is 0 Å². The van der Waals surface area contributed by atoms with E-state index in [-0.39, 0.29) is 23.6 Å². The highest BCUT2D eigenvalue weighted by molar-refractivity contribution is 6.02. The summed E-state index contributed by atoms with van der Waals surface area (Å²) in [7, 11) is 0. The lowest BCUT2D eigenvalue weighted by Gasteiger charge is -2.40. The van der Waals surface area contributed by atoms with Crippen LogP contribution < -0.4 is 0 Å². The zero-order valence-corrected chi connectivity index (χ0v) is 7.25. The molecule has 3 aliphatic rings. The van der Waals surface area contributed by atoms with Crippen molar-refractivity contribution < 1.29 is 19.1 Å². The van der Waals surface area contributed by atoms with Gasteiger partial charge in [-0.3, -0.25) is 9.59 Å². The highest BCUT2D eigenvalue weighted by Gasteiger charge is 2.50. The van der Waals surface area contributed by atoms with E-state index in [1.165, 1.54) is 12.3 Å². The number of Topliss-reactive ketones (excluding diaryl/α,β-unsaturated/α-hetero) is 1. The minimum absolute atomic E-state index is 0.0496. The summed E-state index contributed by atoms with van der Waals surface area (Å²) in [5.74, 6) is -0.519. The molecular weight excluding hydrogens is 184 g/mol. The first-order chi connectivity index (χ1) is 6.77. The van der Waals surface area contributed by atoms with Crippen LogP contribution in [0.2, 0.25) is 0 Å². The summed E-state index contributed by atoms with van der Waals surface area (Å²) in [6, 6.07) is 0. The molecule has 3 rings (SSSR count). The van der Waals surface area contributed by atoms with Crippen molar-refractivity contribution in [2.24, 2.45) is 5.92 Å². The zero-order chi connectivity index (χ0) is 9.71. The van der Waals surface area contributed by atoms with Crippen molar-refractivity contribution in [3.05, 3.63) is 24.5 Å². The predicted molar refractivity (Wildman–Crippen MR) is 45.3 cm³/mol. The van der Waals surface area contributed by atoms with Gasteiger partial charge in [-0.2, -0.15) is 0 Å². The molecule has 14 heavy (non-hydrogen) atoms. The van der Waals surface area contributed by atoms with Gasteiger partial charge in [0, 0.05) is 0 Å².